The molecule has 25 heavy (non-hydrogen) atoms. The number of ether oxygens (including phenoxy) is 1. The van der Waals surface area contributed by atoms with Crippen molar-refractivity contribution in [3.8, 4) is 17.0 Å². The van der Waals surface area contributed by atoms with Crippen LogP contribution in [-0.2, 0) is 0 Å². The number of carbonyl (C=O) groups is 1. The van der Waals surface area contributed by atoms with Gasteiger partial charge in [-0.25, -0.2) is 4.79 Å². The lowest BCUT2D eigenvalue weighted by Gasteiger charge is -2.20. The second-order valence-corrected chi connectivity index (χ2v) is 6.62. The highest BCUT2D eigenvalue weighted by Gasteiger charge is 2.42. The highest BCUT2D eigenvalue weighted by atomic mass is 16.5. The zero-order valence-electron chi connectivity index (χ0n) is 14.0. The fourth-order valence-electron chi connectivity index (χ4n) is 3.77. The number of likely N-dealkylation sites (tertiary alicyclic amines) is 1. The van der Waals surface area contributed by atoms with Gasteiger partial charge < -0.3 is 19.6 Å². The quantitative estimate of drug-likeness (QED) is 0.923. The molecule has 1 aromatic heterocycles. The lowest BCUT2D eigenvalue weighted by atomic mass is 10.0. The summed E-state index contributed by atoms with van der Waals surface area (Å²) in [6, 6.07) is 11.7. The van der Waals surface area contributed by atoms with Crippen LogP contribution in [0.4, 0.5) is 10.6 Å². The van der Waals surface area contributed by atoms with E-state index in [1.807, 2.05) is 36.4 Å². The standard InChI is InChI=1S/C18H20N4O3/c1-25-15-4-2-3-12(7-15)16-5-6-17(20-19-16)21-8-13-10-22(18(23)24)11-14(13)9-21/h2-7,13-14H,8-11H2,1H3,(H,23,24). The van der Waals surface area contributed by atoms with Gasteiger partial charge in [-0.2, -0.15) is 0 Å². The van der Waals surface area contributed by atoms with Crippen LogP contribution in [0.25, 0.3) is 11.3 Å². The van der Waals surface area contributed by atoms with Crippen LogP contribution in [0, 0.1) is 11.8 Å². The van der Waals surface area contributed by atoms with E-state index < -0.39 is 6.09 Å². The minimum absolute atomic E-state index is 0.385. The second kappa shape index (κ2) is 6.23. The molecule has 2 aliphatic rings. The van der Waals surface area contributed by atoms with Gasteiger partial charge in [0.1, 0.15) is 5.75 Å². The molecule has 1 N–H and O–H groups in total. The van der Waals surface area contributed by atoms with Crippen LogP contribution in [0.2, 0.25) is 0 Å². The molecule has 2 fully saturated rings. The summed E-state index contributed by atoms with van der Waals surface area (Å²) in [5.41, 5.74) is 1.77. The van der Waals surface area contributed by atoms with E-state index in [0.29, 0.717) is 24.9 Å². The Hall–Kier alpha value is -2.83. The SMILES string of the molecule is COc1cccc(-c2ccc(N3CC4CN(C(=O)O)CC4C3)nn2)c1. The van der Waals surface area contributed by atoms with Crippen LogP contribution >= 0.6 is 0 Å². The molecule has 0 radical (unpaired) electrons. The minimum atomic E-state index is -0.816. The summed E-state index contributed by atoms with van der Waals surface area (Å²) < 4.78 is 5.25. The van der Waals surface area contributed by atoms with Gasteiger partial charge in [-0.3, -0.25) is 0 Å². The number of amides is 1. The molecule has 0 aliphatic carbocycles. The third kappa shape index (κ3) is 2.97. The molecule has 7 heteroatoms. The van der Waals surface area contributed by atoms with Crippen LogP contribution in [-0.4, -0.2) is 59.6 Å². The summed E-state index contributed by atoms with van der Waals surface area (Å²) in [6.07, 6.45) is -0.816. The molecule has 1 amide bonds. The zero-order chi connectivity index (χ0) is 17.4. The van der Waals surface area contributed by atoms with E-state index in [1.165, 1.54) is 4.90 Å². The largest absolute Gasteiger partial charge is 0.497 e. The van der Waals surface area contributed by atoms with Crippen molar-refractivity contribution in [3.05, 3.63) is 36.4 Å². The average molecular weight is 340 g/mol. The number of nitrogens with zero attached hydrogens (tertiary/aromatic N) is 4. The molecule has 0 saturated carbocycles. The number of hydrogen-bond acceptors (Lipinski definition) is 5. The van der Waals surface area contributed by atoms with Gasteiger partial charge in [-0.1, -0.05) is 12.1 Å². The normalized spacial score (nSPS) is 22.1. The molecule has 0 bridgehead atoms. The van der Waals surface area contributed by atoms with Gasteiger partial charge in [-0.15, -0.1) is 10.2 Å². The van der Waals surface area contributed by atoms with Gasteiger partial charge in [0.15, 0.2) is 5.82 Å². The molecule has 130 valence electrons. The molecule has 0 spiro atoms. The first-order chi connectivity index (χ1) is 12.1. The topological polar surface area (TPSA) is 78.8 Å². The first kappa shape index (κ1) is 15.7. The van der Waals surface area contributed by atoms with E-state index in [-0.39, 0.29) is 0 Å². The monoisotopic (exact) mass is 340 g/mol. The number of fused-ring (bicyclic) bond motifs is 1. The maximum atomic E-state index is 11.1. The highest BCUT2D eigenvalue weighted by molar-refractivity contribution is 5.65. The molecular weight excluding hydrogens is 320 g/mol. The summed E-state index contributed by atoms with van der Waals surface area (Å²) in [4.78, 5) is 14.8. The van der Waals surface area contributed by atoms with Crippen molar-refractivity contribution in [1.29, 1.82) is 0 Å². The van der Waals surface area contributed by atoms with Crippen molar-refractivity contribution in [2.75, 3.05) is 38.2 Å². The van der Waals surface area contributed by atoms with E-state index in [9.17, 15) is 4.79 Å². The second-order valence-electron chi connectivity index (χ2n) is 6.62. The Morgan fingerprint density at radius 1 is 1.12 bits per heavy atom. The van der Waals surface area contributed by atoms with Crippen LogP contribution in [0.3, 0.4) is 0 Å². The smallest absolute Gasteiger partial charge is 0.407 e. The Balaban J connectivity index is 1.46. The maximum absolute atomic E-state index is 11.1. The highest BCUT2D eigenvalue weighted by Crippen LogP contribution is 2.33. The maximum Gasteiger partial charge on any atom is 0.407 e. The molecule has 3 heterocycles. The van der Waals surface area contributed by atoms with Gasteiger partial charge in [0, 0.05) is 43.6 Å². The van der Waals surface area contributed by atoms with Gasteiger partial charge in [-0.05, 0) is 24.3 Å². The van der Waals surface area contributed by atoms with E-state index in [1.54, 1.807) is 7.11 Å². The van der Waals surface area contributed by atoms with Crippen molar-refractivity contribution in [2.24, 2.45) is 11.8 Å². The van der Waals surface area contributed by atoms with Gasteiger partial charge in [0.05, 0.1) is 12.8 Å². The van der Waals surface area contributed by atoms with Crippen LogP contribution < -0.4 is 9.64 Å². The first-order valence-electron chi connectivity index (χ1n) is 8.35. The molecule has 2 aliphatic heterocycles. The summed E-state index contributed by atoms with van der Waals surface area (Å²) in [5, 5.41) is 17.8. The van der Waals surface area contributed by atoms with E-state index >= 15 is 0 Å². The van der Waals surface area contributed by atoms with E-state index in [4.69, 9.17) is 9.84 Å². The first-order valence-corrected chi connectivity index (χ1v) is 8.35. The van der Waals surface area contributed by atoms with Gasteiger partial charge in [0.25, 0.3) is 0 Å². The third-order valence-electron chi connectivity index (χ3n) is 5.10. The van der Waals surface area contributed by atoms with Crippen LogP contribution in [0.5, 0.6) is 5.75 Å². The number of aromatic nitrogens is 2. The number of hydrogen-bond donors (Lipinski definition) is 1. The predicted octanol–water partition coefficient (Wildman–Crippen LogP) is 2.20. The molecule has 2 aromatic rings. The predicted molar refractivity (Wildman–Crippen MR) is 92.8 cm³/mol. The van der Waals surface area contributed by atoms with E-state index in [0.717, 1.165) is 35.9 Å². The average Bonchev–Trinajstić information content (AvgIpc) is 3.21. The van der Waals surface area contributed by atoms with Crippen molar-refractivity contribution < 1.29 is 14.6 Å². The van der Waals surface area contributed by atoms with Crippen molar-refractivity contribution >= 4 is 11.9 Å². The Kier molecular flexibility index (Phi) is 3.91. The van der Waals surface area contributed by atoms with Crippen molar-refractivity contribution in [1.82, 2.24) is 15.1 Å². The number of carboxylic acid groups (broad SMARTS) is 1. The number of benzene rings is 1. The van der Waals surface area contributed by atoms with Gasteiger partial charge in [0.2, 0.25) is 0 Å². The molecule has 1 aromatic carbocycles. The number of anilines is 1. The Labute approximate surface area is 145 Å². The fraction of sp³-hybridized carbons (Fsp3) is 0.389. The Morgan fingerprint density at radius 2 is 1.88 bits per heavy atom. The van der Waals surface area contributed by atoms with Crippen molar-refractivity contribution in [2.45, 2.75) is 0 Å². The number of methoxy groups -OCH3 is 1. The van der Waals surface area contributed by atoms with Crippen molar-refractivity contribution in [3.63, 3.8) is 0 Å². The lowest BCUT2D eigenvalue weighted by molar-refractivity contribution is 0.153. The Morgan fingerprint density at radius 3 is 2.48 bits per heavy atom. The van der Waals surface area contributed by atoms with E-state index in [2.05, 4.69) is 15.1 Å². The van der Waals surface area contributed by atoms with Gasteiger partial charge >= 0.3 is 6.09 Å². The molecule has 4 rings (SSSR count). The zero-order valence-corrected chi connectivity index (χ0v) is 14.0. The summed E-state index contributed by atoms with van der Waals surface area (Å²) in [6.45, 7) is 2.90. The molecule has 7 nitrogen and oxygen atoms in total. The summed E-state index contributed by atoms with van der Waals surface area (Å²) >= 11 is 0. The molecule has 2 atom stereocenters. The summed E-state index contributed by atoms with van der Waals surface area (Å²) in [7, 11) is 1.64. The van der Waals surface area contributed by atoms with Crippen LogP contribution in [0.15, 0.2) is 36.4 Å². The Bertz CT molecular complexity index is 766. The minimum Gasteiger partial charge on any atom is -0.497 e. The lowest BCUT2D eigenvalue weighted by Crippen LogP contribution is -2.32. The molecule has 2 unspecified atom stereocenters. The molecule has 2 saturated heterocycles. The third-order valence-corrected chi connectivity index (χ3v) is 5.10. The summed E-state index contributed by atoms with van der Waals surface area (Å²) in [5.74, 6) is 2.41. The molecular formula is C18H20N4O3. The van der Waals surface area contributed by atoms with Crippen LogP contribution in [0.1, 0.15) is 0 Å². The fourth-order valence-corrected chi connectivity index (χ4v) is 3.77. The number of rotatable bonds is 3.